The number of fused-ring (bicyclic) bond motifs is 3. The lowest BCUT2D eigenvalue weighted by Gasteiger charge is -2.38. The Hall–Kier alpha value is -1.89. The van der Waals surface area contributed by atoms with Crippen LogP contribution in [0, 0.1) is 5.92 Å². The minimum absolute atomic E-state index is 0.0310. The highest BCUT2D eigenvalue weighted by molar-refractivity contribution is 7.92. The fraction of sp³-hybridized carbons (Fsp3) is 0.167. The van der Waals surface area contributed by atoms with Crippen molar-refractivity contribution in [3.05, 3.63) is 98.0 Å². The van der Waals surface area contributed by atoms with Crippen molar-refractivity contribution in [2.45, 2.75) is 23.3 Å². The van der Waals surface area contributed by atoms with Crippen LogP contribution in [0.3, 0.4) is 0 Å². The predicted octanol–water partition coefficient (Wildman–Crippen LogP) is 7.93. The standard InChI is InChI=1S/C24H18Cl4N2O2S/c25-17-6-2-7-18(26)22(17)24-15-5-1-4-14(15)16-12-13(10-11-20(16)29-24)33(31,32)30-21-9-3-8-19(27)23(21)28/h1-4,6-12,14-15,24,29-30H,5H2/t14-,15+,24-/m0/s1. The Kier molecular flexibility index (Phi) is 6.04. The van der Waals surface area contributed by atoms with Crippen molar-refractivity contribution < 1.29 is 8.42 Å². The van der Waals surface area contributed by atoms with Gasteiger partial charge in [0.05, 0.1) is 26.7 Å². The molecule has 0 unspecified atom stereocenters. The zero-order valence-electron chi connectivity index (χ0n) is 17.0. The van der Waals surface area contributed by atoms with E-state index in [-0.39, 0.29) is 38.5 Å². The lowest BCUT2D eigenvalue weighted by molar-refractivity contribution is 0.425. The second kappa shape index (κ2) is 8.71. The number of benzene rings is 3. The van der Waals surface area contributed by atoms with Crippen molar-refractivity contribution in [2.24, 2.45) is 5.92 Å². The topological polar surface area (TPSA) is 58.2 Å². The van der Waals surface area contributed by atoms with E-state index >= 15 is 0 Å². The maximum atomic E-state index is 13.1. The zero-order chi connectivity index (χ0) is 23.3. The Labute approximate surface area is 212 Å². The van der Waals surface area contributed by atoms with Crippen LogP contribution in [0.25, 0.3) is 0 Å². The highest BCUT2D eigenvalue weighted by atomic mass is 35.5. The molecule has 1 aliphatic carbocycles. The summed E-state index contributed by atoms with van der Waals surface area (Å²) in [6.45, 7) is 0. The second-order valence-corrected chi connectivity index (χ2v) is 11.3. The van der Waals surface area contributed by atoms with E-state index in [2.05, 4.69) is 22.2 Å². The summed E-state index contributed by atoms with van der Waals surface area (Å²) < 4.78 is 28.8. The average Bonchev–Trinajstić information content (AvgIpc) is 3.27. The molecular formula is C24H18Cl4N2O2S. The summed E-state index contributed by atoms with van der Waals surface area (Å²) in [6.07, 6.45) is 5.07. The number of allylic oxidation sites excluding steroid dienone is 2. The van der Waals surface area contributed by atoms with E-state index in [1.165, 1.54) is 0 Å². The van der Waals surface area contributed by atoms with Crippen LogP contribution in [-0.4, -0.2) is 8.42 Å². The molecule has 1 heterocycles. The van der Waals surface area contributed by atoms with Crippen molar-refractivity contribution in [3.8, 4) is 0 Å². The molecule has 9 heteroatoms. The Morgan fingerprint density at radius 1 is 0.909 bits per heavy atom. The summed E-state index contributed by atoms with van der Waals surface area (Å²) in [5, 5.41) is 5.19. The molecule has 5 rings (SSSR count). The number of anilines is 2. The summed E-state index contributed by atoms with van der Waals surface area (Å²) in [5.74, 6) is 0.187. The number of hydrogen-bond acceptors (Lipinski definition) is 3. The van der Waals surface area contributed by atoms with E-state index in [4.69, 9.17) is 46.4 Å². The van der Waals surface area contributed by atoms with Gasteiger partial charge in [0.1, 0.15) is 0 Å². The van der Waals surface area contributed by atoms with Gasteiger partial charge in [-0.1, -0.05) is 70.7 Å². The summed E-state index contributed by atoms with van der Waals surface area (Å²) >= 11 is 25.2. The quantitative estimate of drug-likeness (QED) is 0.331. The van der Waals surface area contributed by atoms with Crippen LogP contribution in [0.4, 0.5) is 11.4 Å². The number of rotatable bonds is 4. The molecule has 33 heavy (non-hydrogen) atoms. The summed E-state index contributed by atoms with van der Waals surface area (Å²) in [7, 11) is -3.88. The Bertz CT molecular complexity index is 1370. The van der Waals surface area contributed by atoms with Gasteiger partial charge >= 0.3 is 0 Å². The van der Waals surface area contributed by atoms with Gasteiger partial charge in [-0.2, -0.15) is 0 Å². The molecule has 2 aliphatic rings. The highest BCUT2D eigenvalue weighted by Crippen LogP contribution is 2.52. The smallest absolute Gasteiger partial charge is 0.261 e. The Balaban J connectivity index is 1.53. The molecular weight excluding hydrogens is 522 g/mol. The van der Waals surface area contributed by atoms with Crippen LogP contribution in [0.2, 0.25) is 20.1 Å². The number of nitrogens with one attached hydrogen (secondary N) is 2. The first-order chi connectivity index (χ1) is 15.8. The van der Waals surface area contributed by atoms with Gasteiger partial charge < -0.3 is 5.32 Å². The molecule has 4 nitrogen and oxygen atoms in total. The van der Waals surface area contributed by atoms with Crippen LogP contribution in [0.1, 0.15) is 29.5 Å². The third-order valence-corrected chi connectivity index (χ3v) is 8.99. The van der Waals surface area contributed by atoms with Gasteiger partial charge in [-0.25, -0.2) is 8.42 Å². The molecule has 3 aromatic carbocycles. The van der Waals surface area contributed by atoms with Gasteiger partial charge in [0, 0.05) is 27.2 Å². The van der Waals surface area contributed by atoms with E-state index in [0.29, 0.717) is 10.0 Å². The number of sulfonamides is 1. The summed E-state index contributed by atoms with van der Waals surface area (Å²) in [4.78, 5) is 0.146. The zero-order valence-corrected chi connectivity index (χ0v) is 20.9. The molecule has 0 amide bonds. The van der Waals surface area contributed by atoms with Crippen LogP contribution in [0.15, 0.2) is 71.6 Å². The molecule has 0 aromatic heterocycles. The largest absolute Gasteiger partial charge is 0.378 e. The third kappa shape index (κ3) is 4.11. The fourth-order valence-corrected chi connectivity index (χ4v) is 6.76. The van der Waals surface area contributed by atoms with Gasteiger partial charge in [0.2, 0.25) is 0 Å². The van der Waals surface area contributed by atoms with Gasteiger partial charge in [-0.3, -0.25) is 4.72 Å². The van der Waals surface area contributed by atoms with Crippen molar-refractivity contribution in [1.29, 1.82) is 0 Å². The van der Waals surface area contributed by atoms with Gasteiger partial charge in [-0.05, 0) is 60.4 Å². The van der Waals surface area contributed by atoms with Crippen molar-refractivity contribution in [1.82, 2.24) is 0 Å². The Morgan fingerprint density at radius 3 is 2.36 bits per heavy atom. The number of halogens is 4. The first kappa shape index (κ1) is 22.9. The fourth-order valence-electron chi connectivity index (χ4n) is 4.62. The third-order valence-electron chi connectivity index (χ3n) is 6.15. The maximum Gasteiger partial charge on any atom is 0.261 e. The van der Waals surface area contributed by atoms with Crippen molar-refractivity contribution in [2.75, 3.05) is 10.0 Å². The lowest BCUT2D eigenvalue weighted by atomic mass is 9.77. The minimum atomic E-state index is -3.88. The molecule has 0 saturated heterocycles. The maximum absolute atomic E-state index is 13.1. The molecule has 0 radical (unpaired) electrons. The molecule has 170 valence electrons. The first-order valence-electron chi connectivity index (χ1n) is 10.2. The van der Waals surface area contributed by atoms with Gasteiger partial charge in [0.25, 0.3) is 10.0 Å². The van der Waals surface area contributed by atoms with Gasteiger partial charge in [-0.15, -0.1) is 0 Å². The molecule has 3 aromatic rings. The van der Waals surface area contributed by atoms with E-state index in [1.807, 2.05) is 18.2 Å². The second-order valence-electron chi connectivity index (χ2n) is 8.07. The lowest BCUT2D eigenvalue weighted by Crippen LogP contribution is -2.29. The monoisotopic (exact) mass is 538 g/mol. The molecule has 1 aliphatic heterocycles. The highest BCUT2D eigenvalue weighted by Gasteiger charge is 2.40. The van der Waals surface area contributed by atoms with Crippen molar-refractivity contribution in [3.63, 3.8) is 0 Å². The number of hydrogen-bond donors (Lipinski definition) is 2. The van der Waals surface area contributed by atoms with E-state index in [1.54, 1.807) is 36.4 Å². The predicted molar refractivity (Wildman–Crippen MR) is 137 cm³/mol. The van der Waals surface area contributed by atoms with E-state index in [0.717, 1.165) is 23.2 Å². The van der Waals surface area contributed by atoms with E-state index < -0.39 is 10.0 Å². The summed E-state index contributed by atoms with van der Waals surface area (Å²) in [6, 6.07) is 15.3. The molecule has 0 fully saturated rings. The van der Waals surface area contributed by atoms with Crippen LogP contribution in [0.5, 0.6) is 0 Å². The summed E-state index contributed by atoms with van der Waals surface area (Å²) in [5.41, 5.74) is 2.85. The molecule has 3 atom stereocenters. The molecule has 0 spiro atoms. The average molecular weight is 540 g/mol. The Morgan fingerprint density at radius 2 is 1.61 bits per heavy atom. The normalized spacial score (nSPS) is 21.3. The molecule has 0 bridgehead atoms. The molecule has 2 N–H and O–H groups in total. The van der Waals surface area contributed by atoms with Gasteiger partial charge in [0.15, 0.2) is 0 Å². The first-order valence-corrected chi connectivity index (χ1v) is 13.2. The van der Waals surface area contributed by atoms with Crippen LogP contribution < -0.4 is 10.0 Å². The SMILES string of the molecule is O=S(=O)(Nc1cccc(Cl)c1Cl)c1ccc2c(c1)[C@H]1C=CC[C@H]1[C@@H](c1c(Cl)cccc1Cl)N2. The van der Waals surface area contributed by atoms with Crippen molar-refractivity contribution >= 4 is 67.8 Å². The molecule has 0 saturated carbocycles. The van der Waals surface area contributed by atoms with E-state index in [9.17, 15) is 8.42 Å². The van der Waals surface area contributed by atoms with Crippen LogP contribution in [-0.2, 0) is 10.0 Å². The minimum Gasteiger partial charge on any atom is -0.378 e. The van der Waals surface area contributed by atoms with Crippen LogP contribution >= 0.6 is 46.4 Å².